The van der Waals surface area contributed by atoms with Crippen molar-refractivity contribution in [2.45, 2.75) is 13.0 Å². The van der Waals surface area contributed by atoms with Gasteiger partial charge in [0.1, 0.15) is 5.69 Å². The first-order valence-electron chi connectivity index (χ1n) is 4.09. The molecule has 6 nitrogen and oxygen atoms in total. The quantitative estimate of drug-likeness (QED) is 0.755. The fourth-order valence-electron chi connectivity index (χ4n) is 1.16. The molecular weight excluding hydrogens is 200 g/mol. The van der Waals surface area contributed by atoms with E-state index in [2.05, 4.69) is 19.9 Å². The van der Waals surface area contributed by atoms with Gasteiger partial charge >= 0.3 is 0 Å². The number of rotatable bonds is 2. The van der Waals surface area contributed by atoms with Crippen LogP contribution in [0.3, 0.4) is 0 Å². The molecule has 1 unspecified atom stereocenters. The molecule has 0 saturated carbocycles. The van der Waals surface area contributed by atoms with Crippen molar-refractivity contribution in [2.24, 2.45) is 12.8 Å². The zero-order valence-electron chi connectivity index (χ0n) is 7.88. The Morgan fingerprint density at radius 2 is 2.29 bits per heavy atom. The minimum atomic E-state index is -0.274. The van der Waals surface area contributed by atoms with Crippen LogP contribution in [-0.2, 0) is 7.05 Å². The van der Waals surface area contributed by atoms with Crippen LogP contribution in [0.5, 0.6) is 0 Å². The first-order valence-corrected chi connectivity index (χ1v) is 4.86. The van der Waals surface area contributed by atoms with Crippen molar-refractivity contribution in [2.75, 3.05) is 0 Å². The Morgan fingerprint density at radius 1 is 1.50 bits per heavy atom. The monoisotopic (exact) mass is 210 g/mol. The molecule has 0 bridgehead atoms. The second-order valence-corrected chi connectivity index (χ2v) is 3.80. The summed E-state index contributed by atoms with van der Waals surface area (Å²) in [5.74, 6) is 0. The molecule has 1 atom stereocenters. The third kappa shape index (κ3) is 1.51. The zero-order valence-corrected chi connectivity index (χ0v) is 8.69. The molecule has 0 aromatic carbocycles. The molecule has 0 fully saturated rings. The van der Waals surface area contributed by atoms with E-state index in [9.17, 15) is 0 Å². The van der Waals surface area contributed by atoms with Crippen LogP contribution in [0.2, 0.25) is 0 Å². The van der Waals surface area contributed by atoms with Gasteiger partial charge in [0.05, 0.1) is 22.8 Å². The Bertz CT molecular complexity index is 433. The second kappa shape index (κ2) is 3.43. The van der Waals surface area contributed by atoms with Crippen LogP contribution in [0.15, 0.2) is 6.20 Å². The maximum Gasteiger partial charge on any atom is 0.105 e. The Morgan fingerprint density at radius 3 is 2.79 bits per heavy atom. The number of aryl methyl sites for hydroxylation is 2. The van der Waals surface area contributed by atoms with E-state index in [-0.39, 0.29) is 6.04 Å². The highest BCUT2D eigenvalue weighted by molar-refractivity contribution is 7.05. The Hall–Kier alpha value is -1.34. The summed E-state index contributed by atoms with van der Waals surface area (Å²) in [5.41, 5.74) is 7.58. The maximum absolute atomic E-state index is 5.99. The van der Waals surface area contributed by atoms with Crippen LogP contribution in [0, 0.1) is 6.92 Å². The molecule has 74 valence electrons. The molecule has 0 aliphatic rings. The van der Waals surface area contributed by atoms with E-state index in [0.29, 0.717) is 0 Å². The van der Waals surface area contributed by atoms with E-state index < -0.39 is 0 Å². The summed E-state index contributed by atoms with van der Waals surface area (Å²) in [5, 5.41) is 11.7. The van der Waals surface area contributed by atoms with E-state index in [4.69, 9.17) is 5.73 Å². The lowest BCUT2D eigenvalue weighted by Gasteiger charge is -2.03. The summed E-state index contributed by atoms with van der Waals surface area (Å²) < 4.78 is 5.46. The third-order valence-electron chi connectivity index (χ3n) is 1.91. The van der Waals surface area contributed by atoms with Gasteiger partial charge in [0, 0.05) is 7.05 Å². The largest absolute Gasteiger partial charge is 0.318 e. The van der Waals surface area contributed by atoms with Crippen molar-refractivity contribution < 1.29 is 0 Å². The van der Waals surface area contributed by atoms with Crippen LogP contribution in [-0.4, -0.2) is 24.6 Å². The summed E-state index contributed by atoms with van der Waals surface area (Å²) in [6, 6.07) is -0.274. The highest BCUT2D eigenvalue weighted by Crippen LogP contribution is 2.22. The highest BCUT2D eigenvalue weighted by Gasteiger charge is 2.17. The van der Waals surface area contributed by atoms with Gasteiger partial charge in [-0.15, -0.1) is 10.2 Å². The van der Waals surface area contributed by atoms with Crippen LogP contribution in [0.4, 0.5) is 0 Å². The van der Waals surface area contributed by atoms with Crippen molar-refractivity contribution in [3.63, 3.8) is 0 Å². The number of nitrogens with two attached hydrogens (primary N) is 1. The van der Waals surface area contributed by atoms with Gasteiger partial charge in [-0.3, -0.25) is 4.68 Å². The molecule has 2 N–H and O–H groups in total. The van der Waals surface area contributed by atoms with E-state index in [1.807, 2.05) is 6.92 Å². The Labute approximate surface area is 84.9 Å². The van der Waals surface area contributed by atoms with Crippen molar-refractivity contribution in [3.8, 4) is 0 Å². The predicted molar refractivity (Wildman–Crippen MR) is 51.7 cm³/mol. The van der Waals surface area contributed by atoms with Crippen LogP contribution in [0.1, 0.15) is 22.3 Å². The Kier molecular flexibility index (Phi) is 2.26. The average Bonchev–Trinajstić information content (AvgIpc) is 2.73. The number of aromatic nitrogens is 5. The molecule has 2 rings (SSSR count). The lowest BCUT2D eigenvalue weighted by Crippen LogP contribution is -2.12. The molecule has 0 amide bonds. The fraction of sp³-hybridized carbons (Fsp3) is 0.429. The third-order valence-corrected chi connectivity index (χ3v) is 2.82. The summed E-state index contributed by atoms with van der Waals surface area (Å²) in [4.78, 5) is 0.936. The molecule has 2 heterocycles. The molecule has 0 radical (unpaired) electrons. The highest BCUT2D eigenvalue weighted by atomic mass is 32.1. The first-order chi connectivity index (χ1) is 6.68. The van der Waals surface area contributed by atoms with E-state index in [1.54, 1.807) is 17.9 Å². The molecule has 0 saturated heterocycles. The van der Waals surface area contributed by atoms with Gasteiger partial charge in [0.2, 0.25) is 0 Å². The van der Waals surface area contributed by atoms with Crippen LogP contribution < -0.4 is 5.73 Å². The first kappa shape index (κ1) is 9.22. The van der Waals surface area contributed by atoms with Gasteiger partial charge in [0.25, 0.3) is 0 Å². The molecule has 0 aliphatic carbocycles. The normalized spacial score (nSPS) is 13.1. The zero-order chi connectivity index (χ0) is 10.1. The molecular formula is C7H10N6S. The summed E-state index contributed by atoms with van der Waals surface area (Å²) in [6.07, 6.45) is 1.80. The summed E-state index contributed by atoms with van der Waals surface area (Å²) >= 11 is 1.30. The SMILES string of the molecule is Cc1nnsc1C(N)c1cn(C)nn1. The smallest absolute Gasteiger partial charge is 0.105 e. The van der Waals surface area contributed by atoms with Gasteiger partial charge in [-0.05, 0) is 18.5 Å². The lowest BCUT2D eigenvalue weighted by molar-refractivity contribution is 0.711. The van der Waals surface area contributed by atoms with Gasteiger partial charge in [-0.2, -0.15) is 0 Å². The standard InChI is InChI=1S/C7H10N6S/c1-4-7(14-12-9-4)6(8)5-3-13(2)11-10-5/h3,6H,8H2,1-2H3. The summed E-state index contributed by atoms with van der Waals surface area (Å²) in [7, 11) is 1.81. The van der Waals surface area contributed by atoms with Crippen molar-refractivity contribution >= 4 is 11.5 Å². The number of nitrogens with zero attached hydrogens (tertiary/aromatic N) is 5. The van der Waals surface area contributed by atoms with Crippen molar-refractivity contribution in [3.05, 3.63) is 22.5 Å². The summed E-state index contributed by atoms with van der Waals surface area (Å²) in [6.45, 7) is 1.88. The molecule has 2 aromatic rings. The van der Waals surface area contributed by atoms with E-state index in [0.717, 1.165) is 16.3 Å². The maximum atomic E-state index is 5.99. The van der Waals surface area contributed by atoms with Crippen LogP contribution >= 0.6 is 11.5 Å². The van der Waals surface area contributed by atoms with E-state index >= 15 is 0 Å². The van der Waals surface area contributed by atoms with E-state index in [1.165, 1.54) is 11.5 Å². The number of hydrogen-bond donors (Lipinski definition) is 1. The molecule has 14 heavy (non-hydrogen) atoms. The van der Waals surface area contributed by atoms with Crippen LogP contribution in [0.25, 0.3) is 0 Å². The number of hydrogen-bond acceptors (Lipinski definition) is 6. The molecule has 2 aromatic heterocycles. The van der Waals surface area contributed by atoms with Gasteiger partial charge in [-0.1, -0.05) is 9.70 Å². The molecule has 0 aliphatic heterocycles. The molecule has 0 spiro atoms. The minimum Gasteiger partial charge on any atom is -0.318 e. The average molecular weight is 210 g/mol. The molecule has 7 heteroatoms. The lowest BCUT2D eigenvalue weighted by atomic mass is 10.2. The second-order valence-electron chi connectivity index (χ2n) is 3.02. The van der Waals surface area contributed by atoms with Crippen molar-refractivity contribution in [1.82, 2.24) is 24.6 Å². The predicted octanol–water partition coefficient (Wildman–Crippen LogP) is 0.0231. The van der Waals surface area contributed by atoms with Gasteiger partial charge in [0.15, 0.2) is 0 Å². The Balaban J connectivity index is 2.33. The topological polar surface area (TPSA) is 82.5 Å². The fourth-order valence-corrected chi connectivity index (χ4v) is 1.82. The minimum absolute atomic E-state index is 0.274. The van der Waals surface area contributed by atoms with Gasteiger partial charge < -0.3 is 5.73 Å². The van der Waals surface area contributed by atoms with Crippen molar-refractivity contribution in [1.29, 1.82) is 0 Å². The van der Waals surface area contributed by atoms with Gasteiger partial charge in [-0.25, -0.2) is 0 Å².